The molecule has 1 unspecified atom stereocenters. The third-order valence-corrected chi connectivity index (χ3v) is 7.53. The average molecular weight is 599 g/mol. The first-order valence-electron chi connectivity index (χ1n) is 14.0. The van der Waals surface area contributed by atoms with Crippen molar-refractivity contribution in [2.45, 2.75) is 44.6 Å². The van der Waals surface area contributed by atoms with Crippen molar-refractivity contribution in [2.24, 2.45) is 0 Å². The van der Waals surface area contributed by atoms with Gasteiger partial charge in [-0.2, -0.15) is 0 Å². The van der Waals surface area contributed by atoms with E-state index >= 15 is 0 Å². The summed E-state index contributed by atoms with van der Waals surface area (Å²) in [6, 6.07) is 9.65. The number of likely N-dealkylation sites (N-methyl/N-ethyl adjacent to an activating group) is 1. The maximum atomic E-state index is 13.9. The maximum absolute atomic E-state index is 13.9. The summed E-state index contributed by atoms with van der Waals surface area (Å²) in [6.45, 7) is 5.55. The van der Waals surface area contributed by atoms with Crippen LogP contribution in [0.25, 0.3) is 0 Å². The van der Waals surface area contributed by atoms with Gasteiger partial charge in [-0.15, -0.1) is 0 Å². The Morgan fingerprint density at radius 3 is 2.37 bits per heavy atom. The van der Waals surface area contributed by atoms with Crippen LogP contribution in [0.2, 0.25) is 0 Å². The summed E-state index contributed by atoms with van der Waals surface area (Å²) in [7, 11) is 1.62. The minimum atomic E-state index is -0.916. The number of carbonyl (C=O) groups excluding carboxylic acids is 4. The number of halogens is 2. The van der Waals surface area contributed by atoms with Crippen molar-refractivity contribution in [3.63, 3.8) is 0 Å². The Morgan fingerprint density at radius 2 is 1.72 bits per heavy atom. The molecule has 2 aromatic rings. The number of nitrogens with zero attached hydrogens (tertiary/aromatic N) is 4. The van der Waals surface area contributed by atoms with Gasteiger partial charge in [-0.05, 0) is 55.2 Å². The second kappa shape index (κ2) is 14.1. The molecule has 3 atom stereocenters. The molecule has 2 aromatic carbocycles. The highest BCUT2D eigenvalue weighted by atomic mass is 19.1. The first kappa shape index (κ1) is 31.4. The molecule has 0 radical (unpaired) electrons. The number of piperazine rings is 1. The van der Waals surface area contributed by atoms with Crippen LogP contribution in [0, 0.1) is 11.6 Å². The van der Waals surface area contributed by atoms with Crippen LogP contribution in [0.15, 0.2) is 61.2 Å². The molecule has 2 fully saturated rings. The number of rotatable bonds is 10. The molecule has 2 aliphatic rings. The lowest BCUT2D eigenvalue weighted by atomic mass is 9.98. The van der Waals surface area contributed by atoms with Crippen LogP contribution in [0.3, 0.4) is 0 Å². The van der Waals surface area contributed by atoms with Gasteiger partial charge in [0.15, 0.2) is 0 Å². The fourth-order valence-corrected chi connectivity index (χ4v) is 5.34. The number of hydrazine groups is 1. The summed E-state index contributed by atoms with van der Waals surface area (Å²) in [5.74, 6) is -1.43. The van der Waals surface area contributed by atoms with Crippen LogP contribution >= 0.6 is 0 Å². The lowest BCUT2D eigenvalue weighted by molar-refractivity contribution is -0.189. The van der Waals surface area contributed by atoms with Gasteiger partial charge in [0.25, 0.3) is 0 Å². The zero-order valence-electron chi connectivity index (χ0n) is 24.2. The number of hydrogen-bond donors (Lipinski definition) is 2. The van der Waals surface area contributed by atoms with E-state index in [4.69, 9.17) is 4.74 Å². The molecule has 43 heavy (non-hydrogen) atoms. The van der Waals surface area contributed by atoms with Crippen molar-refractivity contribution in [1.29, 1.82) is 0 Å². The van der Waals surface area contributed by atoms with Crippen LogP contribution in [-0.4, -0.2) is 89.3 Å². The Hall–Kier alpha value is -4.52. The summed E-state index contributed by atoms with van der Waals surface area (Å²) in [4.78, 5) is 55.8. The predicted molar refractivity (Wildman–Crippen MR) is 153 cm³/mol. The normalized spacial score (nSPS) is 19.5. The zero-order chi connectivity index (χ0) is 31.1. The first-order chi connectivity index (χ1) is 20.6. The Balaban J connectivity index is 1.57. The first-order valence-corrected chi connectivity index (χ1v) is 14.0. The van der Waals surface area contributed by atoms with Gasteiger partial charge in [-0.25, -0.2) is 28.4 Å². The van der Waals surface area contributed by atoms with Crippen molar-refractivity contribution < 1.29 is 32.7 Å². The average Bonchev–Trinajstić information content (AvgIpc) is 2.98. The number of alkyl carbamates (subject to hydrolysis) is 1. The number of hydrogen-bond acceptors (Lipinski definition) is 6. The van der Waals surface area contributed by atoms with Crippen molar-refractivity contribution >= 4 is 23.9 Å². The maximum Gasteiger partial charge on any atom is 0.407 e. The summed E-state index contributed by atoms with van der Waals surface area (Å²) >= 11 is 0. The lowest BCUT2D eigenvalue weighted by Crippen LogP contribution is -2.76. The third kappa shape index (κ3) is 7.47. The summed E-state index contributed by atoms with van der Waals surface area (Å²) in [6.07, 6.45) is 0.540. The van der Waals surface area contributed by atoms with Crippen molar-refractivity contribution in [3.8, 4) is 0 Å². The number of fused-ring (bicyclic) bond motifs is 1. The molecule has 0 spiro atoms. The number of carbonyl (C=O) groups is 4. The lowest BCUT2D eigenvalue weighted by Gasteiger charge is -2.55. The Bertz CT molecular complexity index is 1330. The minimum Gasteiger partial charge on any atom is -0.445 e. The Morgan fingerprint density at radius 1 is 1.07 bits per heavy atom. The molecule has 0 aliphatic carbocycles. The highest BCUT2D eigenvalue weighted by Crippen LogP contribution is 2.32. The van der Waals surface area contributed by atoms with Gasteiger partial charge < -0.3 is 25.2 Å². The van der Waals surface area contributed by atoms with Gasteiger partial charge in [0.1, 0.15) is 30.4 Å². The smallest absolute Gasteiger partial charge is 0.407 e. The topological polar surface area (TPSA) is 115 Å². The van der Waals surface area contributed by atoms with Crippen molar-refractivity contribution in [1.82, 2.24) is 30.5 Å². The van der Waals surface area contributed by atoms with E-state index in [1.807, 2.05) is 6.92 Å². The molecule has 0 aromatic heterocycles. The van der Waals surface area contributed by atoms with Gasteiger partial charge in [0, 0.05) is 20.1 Å². The zero-order valence-corrected chi connectivity index (χ0v) is 24.2. The Kier molecular flexibility index (Phi) is 10.3. The van der Waals surface area contributed by atoms with E-state index in [9.17, 15) is 28.0 Å². The van der Waals surface area contributed by atoms with Gasteiger partial charge in [-0.1, -0.05) is 36.9 Å². The fourth-order valence-electron chi connectivity index (χ4n) is 5.34. The molecule has 13 heteroatoms. The molecule has 5 amide bonds. The monoisotopic (exact) mass is 598 g/mol. The predicted octanol–water partition coefficient (Wildman–Crippen LogP) is 3.16. The standard InChI is InChI=1S/C30H36F2N6O5/c1-4-16-43-30(42)33-15-5-6-25-28(40)36(20(2)22-9-13-24(32)14-10-22)18-26-37(25)27(39)19-35(3)38(26)29(41)34-17-21-7-11-23(31)12-8-21/h4,7-14,20,25-26H,1,5-6,15-19H2,2-3H3,(H,33,42)(H,34,41)/t20?,25-,26-/m0/s1. The van der Waals surface area contributed by atoms with Crippen LogP contribution in [0.1, 0.15) is 36.9 Å². The molecule has 230 valence electrons. The van der Waals surface area contributed by atoms with E-state index in [-0.39, 0.29) is 51.0 Å². The fraction of sp³-hybridized carbons (Fsp3) is 0.400. The van der Waals surface area contributed by atoms with Crippen LogP contribution in [0.5, 0.6) is 0 Å². The number of urea groups is 1. The summed E-state index contributed by atoms with van der Waals surface area (Å²) < 4.78 is 31.9. The molecule has 2 N–H and O–H groups in total. The van der Waals surface area contributed by atoms with Gasteiger partial charge in [-0.3, -0.25) is 9.59 Å². The molecule has 2 aliphatic heterocycles. The van der Waals surface area contributed by atoms with Crippen molar-refractivity contribution in [2.75, 3.05) is 33.3 Å². The van der Waals surface area contributed by atoms with E-state index in [2.05, 4.69) is 17.2 Å². The second-order valence-corrected chi connectivity index (χ2v) is 10.4. The van der Waals surface area contributed by atoms with Gasteiger partial charge in [0.2, 0.25) is 11.8 Å². The molecular weight excluding hydrogens is 562 g/mol. The van der Waals surface area contributed by atoms with Gasteiger partial charge >= 0.3 is 12.1 Å². The highest BCUT2D eigenvalue weighted by Gasteiger charge is 2.51. The van der Waals surface area contributed by atoms with E-state index in [1.165, 1.54) is 45.3 Å². The number of nitrogens with one attached hydrogen (secondary N) is 2. The highest BCUT2D eigenvalue weighted by molar-refractivity contribution is 5.91. The summed E-state index contributed by atoms with van der Waals surface area (Å²) in [5, 5.41) is 8.36. The molecule has 0 bridgehead atoms. The molecule has 0 saturated carbocycles. The Labute approximate surface area is 249 Å². The van der Waals surface area contributed by atoms with E-state index in [1.54, 1.807) is 36.2 Å². The summed E-state index contributed by atoms with van der Waals surface area (Å²) in [5.41, 5.74) is 1.38. The minimum absolute atomic E-state index is 0.0139. The largest absolute Gasteiger partial charge is 0.445 e. The quantitative estimate of drug-likeness (QED) is 0.321. The van der Waals surface area contributed by atoms with Gasteiger partial charge in [0.05, 0.1) is 19.1 Å². The molecule has 4 rings (SSSR count). The molecule has 2 heterocycles. The van der Waals surface area contributed by atoms with E-state index < -0.39 is 42.0 Å². The second-order valence-electron chi connectivity index (χ2n) is 10.4. The van der Waals surface area contributed by atoms with E-state index in [0.29, 0.717) is 17.5 Å². The SMILES string of the molecule is C=CCOC(=O)NCCC[C@H]1C(=O)N(C(C)c2ccc(F)cc2)C[C@H]2N1C(=O)CN(C)N2C(=O)NCc1ccc(F)cc1. The van der Waals surface area contributed by atoms with Crippen LogP contribution in [0.4, 0.5) is 18.4 Å². The van der Waals surface area contributed by atoms with Crippen LogP contribution < -0.4 is 10.6 Å². The molecule has 2 saturated heterocycles. The third-order valence-electron chi connectivity index (χ3n) is 7.53. The van der Waals surface area contributed by atoms with E-state index in [0.717, 1.165) is 0 Å². The molecular formula is C30H36F2N6O5. The number of ether oxygens (including phenoxy) is 1. The molecule has 11 nitrogen and oxygen atoms in total. The van der Waals surface area contributed by atoms with Crippen molar-refractivity contribution in [3.05, 3.63) is 83.9 Å². The number of benzene rings is 2. The number of amides is 5. The van der Waals surface area contributed by atoms with Crippen LogP contribution in [-0.2, 0) is 20.9 Å².